The Morgan fingerprint density at radius 3 is 2.55 bits per heavy atom. The van der Waals surface area contributed by atoms with Gasteiger partial charge < -0.3 is 15.2 Å². The molecule has 0 saturated heterocycles. The summed E-state index contributed by atoms with van der Waals surface area (Å²) >= 11 is 0. The molecule has 1 aliphatic carbocycles. The molecule has 1 fully saturated rings. The molecule has 1 aromatic carbocycles. The molecule has 0 spiro atoms. The van der Waals surface area contributed by atoms with Crippen molar-refractivity contribution in [3.8, 4) is 0 Å². The van der Waals surface area contributed by atoms with Crippen molar-refractivity contribution in [3.05, 3.63) is 29.8 Å². The number of carbonyl (C=O) groups excluding carboxylic acids is 1. The molecule has 2 rings (SSSR count). The molecule has 0 heterocycles. The second-order valence-electron chi connectivity index (χ2n) is 5.29. The summed E-state index contributed by atoms with van der Waals surface area (Å²) in [6, 6.07) is 7.52. The van der Waals surface area contributed by atoms with Gasteiger partial charge in [-0.1, -0.05) is 31.4 Å². The minimum absolute atomic E-state index is 0.106. The lowest BCUT2D eigenvalue weighted by Crippen LogP contribution is -2.24. The van der Waals surface area contributed by atoms with Gasteiger partial charge in [-0.3, -0.25) is 4.79 Å². The van der Waals surface area contributed by atoms with Crippen LogP contribution >= 0.6 is 0 Å². The molecule has 0 aromatic heterocycles. The van der Waals surface area contributed by atoms with Gasteiger partial charge in [0, 0.05) is 12.3 Å². The summed E-state index contributed by atoms with van der Waals surface area (Å²) in [4.78, 5) is 11.8. The number of aliphatic hydroxyl groups excluding tert-OH is 1. The van der Waals surface area contributed by atoms with Gasteiger partial charge in [0.15, 0.2) is 0 Å². The Balaban J connectivity index is 1.73. The molecule has 0 unspecified atom stereocenters. The number of carbonyl (C=O) groups is 1. The molecule has 0 radical (unpaired) electrons. The van der Waals surface area contributed by atoms with Crippen LogP contribution in [0.3, 0.4) is 0 Å². The van der Waals surface area contributed by atoms with E-state index in [1.165, 1.54) is 19.3 Å². The Hall–Kier alpha value is -1.39. The first-order valence-corrected chi connectivity index (χ1v) is 7.39. The minimum atomic E-state index is -0.106. The van der Waals surface area contributed by atoms with E-state index >= 15 is 0 Å². The lowest BCUT2D eigenvalue weighted by atomic mass is 9.98. The van der Waals surface area contributed by atoms with Crippen LogP contribution in [0.5, 0.6) is 0 Å². The highest BCUT2D eigenvalue weighted by Crippen LogP contribution is 2.20. The lowest BCUT2D eigenvalue weighted by Gasteiger charge is -2.21. The molecule has 4 heteroatoms. The van der Waals surface area contributed by atoms with E-state index < -0.39 is 0 Å². The van der Waals surface area contributed by atoms with E-state index in [1.807, 2.05) is 24.3 Å². The third-order valence-corrected chi connectivity index (χ3v) is 3.64. The fraction of sp³-hybridized carbons (Fsp3) is 0.562. The predicted molar refractivity (Wildman–Crippen MR) is 78.7 cm³/mol. The quantitative estimate of drug-likeness (QED) is 0.840. The Kier molecular flexibility index (Phi) is 6.02. The molecular formula is C16H23NO3. The topological polar surface area (TPSA) is 58.6 Å². The summed E-state index contributed by atoms with van der Waals surface area (Å²) in [6.07, 6.45) is 6.73. The number of aliphatic hydroxyl groups is 1. The Labute approximate surface area is 120 Å². The van der Waals surface area contributed by atoms with Crippen LogP contribution < -0.4 is 5.32 Å². The average molecular weight is 277 g/mol. The first kappa shape index (κ1) is 15.0. The van der Waals surface area contributed by atoms with E-state index in [-0.39, 0.29) is 25.2 Å². The maximum Gasteiger partial charge on any atom is 0.250 e. The summed E-state index contributed by atoms with van der Waals surface area (Å²) in [5.74, 6) is -0.106. The number of hydrogen-bond acceptors (Lipinski definition) is 3. The highest BCUT2D eigenvalue weighted by molar-refractivity contribution is 5.91. The number of rotatable bonds is 6. The van der Waals surface area contributed by atoms with Crippen LogP contribution in [0.1, 0.15) is 37.7 Å². The van der Waals surface area contributed by atoms with Gasteiger partial charge in [-0.15, -0.1) is 0 Å². The van der Waals surface area contributed by atoms with Crippen LogP contribution in [0.2, 0.25) is 0 Å². The van der Waals surface area contributed by atoms with Crippen molar-refractivity contribution in [1.29, 1.82) is 0 Å². The van der Waals surface area contributed by atoms with Gasteiger partial charge in [0.25, 0.3) is 0 Å². The number of benzene rings is 1. The van der Waals surface area contributed by atoms with Crippen LogP contribution in [-0.4, -0.2) is 30.3 Å². The van der Waals surface area contributed by atoms with Crippen molar-refractivity contribution in [1.82, 2.24) is 0 Å². The largest absolute Gasteiger partial charge is 0.396 e. The molecule has 1 saturated carbocycles. The van der Waals surface area contributed by atoms with Crippen molar-refractivity contribution in [2.75, 3.05) is 18.5 Å². The van der Waals surface area contributed by atoms with Crippen LogP contribution in [0.25, 0.3) is 0 Å². The number of amides is 1. The standard InChI is InChI=1S/C16H23NO3/c18-11-10-13-6-8-14(9-7-13)17-16(19)12-20-15-4-2-1-3-5-15/h6-9,15,18H,1-5,10-12H2,(H,17,19). The van der Waals surface area contributed by atoms with Gasteiger partial charge >= 0.3 is 0 Å². The molecule has 20 heavy (non-hydrogen) atoms. The van der Waals surface area contributed by atoms with E-state index in [0.29, 0.717) is 6.42 Å². The van der Waals surface area contributed by atoms with Crippen molar-refractivity contribution >= 4 is 11.6 Å². The van der Waals surface area contributed by atoms with Crippen LogP contribution in [-0.2, 0) is 16.0 Å². The van der Waals surface area contributed by atoms with Crippen molar-refractivity contribution in [2.45, 2.75) is 44.6 Å². The smallest absolute Gasteiger partial charge is 0.250 e. The van der Waals surface area contributed by atoms with E-state index in [2.05, 4.69) is 5.32 Å². The summed E-state index contributed by atoms with van der Waals surface area (Å²) < 4.78 is 5.63. The SMILES string of the molecule is O=C(COC1CCCCC1)Nc1ccc(CCO)cc1. The number of hydrogen-bond donors (Lipinski definition) is 2. The fourth-order valence-electron chi connectivity index (χ4n) is 2.51. The third kappa shape index (κ3) is 4.94. The van der Waals surface area contributed by atoms with Gasteiger partial charge in [-0.25, -0.2) is 0 Å². The number of nitrogens with one attached hydrogen (secondary N) is 1. The van der Waals surface area contributed by atoms with Gasteiger partial charge in [-0.05, 0) is 37.0 Å². The molecule has 1 aromatic rings. The van der Waals surface area contributed by atoms with Gasteiger partial charge in [-0.2, -0.15) is 0 Å². The third-order valence-electron chi connectivity index (χ3n) is 3.64. The van der Waals surface area contributed by atoms with E-state index in [9.17, 15) is 4.79 Å². The average Bonchev–Trinajstić information content (AvgIpc) is 2.49. The number of anilines is 1. The van der Waals surface area contributed by atoms with E-state index in [0.717, 1.165) is 24.1 Å². The molecular weight excluding hydrogens is 254 g/mol. The summed E-state index contributed by atoms with van der Waals surface area (Å²) in [5.41, 5.74) is 1.83. The minimum Gasteiger partial charge on any atom is -0.396 e. The molecule has 110 valence electrons. The highest BCUT2D eigenvalue weighted by Gasteiger charge is 2.15. The second-order valence-corrected chi connectivity index (χ2v) is 5.29. The fourth-order valence-corrected chi connectivity index (χ4v) is 2.51. The van der Waals surface area contributed by atoms with E-state index in [1.54, 1.807) is 0 Å². The maximum atomic E-state index is 11.8. The van der Waals surface area contributed by atoms with Gasteiger partial charge in [0.05, 0.1) is 6.10 Å². The first-order valence-electron chi connectivity index (χ1n) is 7.39. The predicted octanol–water partition coefficient (Wildman–Crippen LogP) is 2.51. The summed E-state index contributed by atoms with van der Waals surface area (Å²) in [7, 11) is 0. The van der Waals surface area contributed by atoms with Crippen molar-refractivity contribution < 1.29 is 14.6 Å². The van der Waals surface area contributed by atoms with E-state index in [4.69, 9.17) is 9.84 Å². The Morgan fingerprint density at radius 1 is 1.20 bits per heavy atom. The normalized spacial score (nSPS) is 16.1. The maximum absolute atomic E-state index is 11.8. The Bertz CT molecular complexity index is 410. The Morgan fingerprint density at radius 2 is 1.90 bits per heavy atom. The first-order chi connectivity index (χ1) is 9.78. The van der Waals surface area contributed by atoms with Crippen LogP contribution in [0, 0.1) is 0 Å². The number of ether oxygens (including phenoxy) is 1. The summed E-state index contributed by atoms with van der Waals surface area (Å²) in [5, 5.41) is 11.7. The molecule has 1 aliphatic rings. The molecule has 0 aliphatic heterocycles. The highest BCUT2D eigenvalue weighted by atomic mass is 16.5. The van der Waals surface area contributed by atoms with Crippen LogP contribution in [0.15, 0.2) is 24.3 Å². The second kappa shape index (κ2) is 8.02. The zero-order chi connectivity index (χ0) is 14.2. The van der Waals surface area contributed by atoms with Crippen molar-refractivity contribution in [2.24, 2.45) is 0 Å². The van der Waals surface area contributed by atoms with Crippen molar-refractivity contribution in [3.63, 3.8) is 0 Å². The molecule has 0 bridgehead atoms. The lowest BCUT2D eigenvalue weighted by molar-refractivity contribution is -0.123. The molecule has 1 amide bonds. The zero-order valence-corrected chi connectivity index (χ0v) is 11.8. The molecule has 4 nitrogen and oxygen atoms in total. The van der Waals surface area contributed by atoms with Gasteiger partial charge in [0.2, 0.25) is 5.91 Å². The molecule has 2 N–H and O–H groups in total. The zero-order valence-electron chi connectivity index (χ0n) is 11.8. The van der Waals surface area contributed by atoms with Gasteiger partial charge in [0.1, 0.15) is 6.61 Å². The monoisotopic (exact) mass is 277 g/mol. The van der Waals surface area contributed by atoms with Crippen LogP contribution in [0.4, 0.5) is 5.69 Å². The molecule has 0 atom stereocenters. The summed E-state index contributed by atoms with van der Waals surface area (Å²) in [6.45, 7) is 0.268.